The summed E-state index contributed by atoms with van der Waals surface area (Å²) in [5.74, 6) is -2.77. The Kier molecular flexibility index (Phi) is 14.7. The number of ether oxygens (including phenoxy) is 1. The number of nitrogens with one attached hydrogen (secondary N) is 3. The monoisotopic (exact) mass is 656 g/mol. The molecule has 5 N–H and O–H groups in total. The van der Waals surface area contributed by atoms with E-state index in [-0.39, 0.29) is 31.3 Å². The molecule has 0 unspecified atom stereocenters. The summed E-state index contributed by atoms with van der Waals surface area (Å²) < 4.78 is 5.92. The summed E-state index contributed by atoms with van der Waals surface area (Å²) >= 11 is 2.18. The van der Waals surface area contributed by atoms with Crippen molar-refractivity contribution in [2.75, 3.05) is 6.61 Å². The molecule has 0 spiro atoms. The van der Waals surface area contributed by atoms with Crippen LogP contribution in [0, 0.1) is 22.3 Å². The predicted molar refractivity (Wildman–Crippen MR) is 158 cm³/mol. The lowest BCUT2D eigenvalue weighted by Crippen LogP contribution is -2.56. The van der Waals surface area contributed by atoms with Gasteiger partial charge in [0.25, 0.3) is 5.91 Å². The zero-order valence-electron chi connectivity index (χ0n) is 23.5. The molecule has 0 aliphatic rings. The molecule has 1 aromatic rings. The smallest absolute Gasteiger partial charge is 0.330 e. The van der Waals surface area contributed by atoms with E-state index in [0.717, 1.165) is 9.13 Å². The van der Waals surface area contributed by atoms with E-state index in [1.807, 2.05) is 26.8 Å². The highest BCUT2D eigenvalue weighted by Crippen LogP contribution is 2.14. The third kappa shape index (κ3) is 12.6. The summed E-state index contributed by atoms with van der Waals surface area (Å²) in [7, 11) is 0. The highest BCUT2D eigenvalue weighted by atomic mass is 127. The Hall–Kier alpha value is -2.96. The summed E-state index contributed by atoms with van der Waals surface area (Å²) in [6.45, 7) is 11.3. The lowest BCUT2D eigenvalue weighted by Gasteiger charge is -2.26. The Bertz CT molecular complexity index is 1060. The molecule has 3 atom stereocenters. The summed E-state index contributed by atoms with van der Waals surface area (Å²) in [5.41, 5.74) is 6.66. The van der Waals surface area contributed by atoms with Crippen LogP contribution in [-0.4, -0.2) is 54.3 Å². The molecule has 0 saturated heterocycles. The number of halogens is 1. The third-order valence-corrected chi connectivity index (χ3v) is 6.98. The summed E-state index contributed by atoms with van der Waals surface area (Å²) in [4.78, 5) is 62.7. The van der Waals surface area contributed by atoms with Gasteiger partial charge in [-0.1, -0.05) is 33.8 Å². The molecule has 0 bridgehead atoms. The van der Waals surface area contributed by atoms with Crippen LogP contribution in [-0.2, 0) is 23.9 Å². The molecule has 10 nitrogen and oxygen atoms in total. The van der Waals surface area contributed by atoms with Crippen LogP contribution in [0.2, 0.25) is 0 Å². The van der Waals surface area contributed by atoms with Crippen molar-refractivity contribution in [1.82, 2.24) is 16.0 Å². The lowest BCUT2D eigenvalue weighted by molar-refractivity contribution is -0.137. The van der Waals surface area contributed by atoms with Gasteiger partial charge in [-0.25, -0.2) is 4.79 Å². The van der Waals surface area contributed by atoms with E-state index in [1.165, 1.54) is 6.08 Å². The van der Waals surface area contributed by atoms with Crippen molar-refractivity contribution in [3.05, 3.63) is 45.0 Å². The second-order valence-corrected chi connectivity index (χ2v) is 11.2. The molecule has 1 rings (SSSR count). The normalized spacial score (nSPS) is 13.6. The van der Waals surface area contributed by atoms with Crippen LogP contribution in [0.5, 0.6) is 0 Å². The molecule has 11 heteroatoms. The molecule has 216 valence electrons. The van der Waals surface area contributed by atoms with E-state index in [0.29, 0.717) is 12.0 Å². The van der Waals surface area contributed by atoms with Gasteiger partial charge in [0, 0.05) is 27.7 Å². The number of nitrogens with two attached hydrogens (primary N) is 1. The molecule has 0 aliphatic carbocycles. The number of carbonyl (C=O) groups excluding carboxylic acids is 5. The van der Waals surface area contributed by atoms with Crippen molar-refractivity contribution in [2.24, 2.45) is 17.6 Å². The number of rotatable bonds is 15. The van der Waals surface area contributed by atoms with E-state index in [2.05, 4.69) is 38.5 Å². The molecule has 1 aromatic carbocycles. The lowest BCUT2D eigenvalue weighted by atomic mass is 10.00. The van der Waals surface area contributed by atoms with E-state index in [4.69, 9.17) is 10.5 Å². The highest BCUT2D eigenvalue weighted by Gasteiger charge is 2.30. The quantitative estimate of drug-likeness (QED) is 0.129. The average Bonchev–Trinajstić information content (AvgIpc) is 2.84. The maximum atomic E-state index is 13.3. The number of esters is 1. The van der Waals surface area contributed by atoms with Crippen LogP contribution in [0.1, 0.15) is 69.8 Å². The summed E-state index contributed by atoms with van der Waals surface area (Å²) in [6.07, 6.45) is 3.16. The van der Waals surface area contributed by atoms with Gasteiger partial charge >= 0.3 is 5.97 Å². The minimum Gasteiger partial charge on any atom is -0.463 e. The highest BCUT2D eigenvalue weighted by molar-refractivity contribution is 14.1. The van der Waals surface area contributed by atoms with Crippen LogP contribution in [0.25, 0.3) is 0 Å². The van der Waals surface area contributed by atoms with Gasteiger partial charge < -0.3 is 26.4 Å². The number of benzene rings is 1. The molecule has 4 amide bonds. The SMILES string of the molecule is CCOC(=O)/C=C/[C@H](CC(C)C)NC(=O)[C@H](CCC(N)=O)NC(=O)[C@@H](NC(=O)c1ccc(I)c(C)c1)C(C)C. The molecule has 0 saturated carbocycles. The van der Waals surface area contributed by atoms with Crippen molar-refractivity contribution in [3.8, 4) is 0 Å². The van der Waals surface area contributed by atoms with Gasteiger partial charge in [-0.3, -0.25) is 19.2 Å². The number of hydrogen-bond donors (Lipinski definition) is 4. The first-order chi connectivity index (χ1) is 18.2. The first-order valence-electron chi connectivity index (χ1n) is 13.1. The standard InChI is InChI=1S/C28H41IN4O6/c1-7-39-24(35)13-9-20(14-16(2)3)31-27(37)22(11-12-23(30)34)32-28(38)25(17(4)5)33-26(36)19-8-10-21(29)18(6)15-19/h8-10,13,15-17,20,22,25H,7,11-12,14H2,1-6H3,(H2,30,34)(H,31,37)(H,32,38)(H,33,36)/b13-9+/t20-,22+,25+/m1/s1. The number of carbonyl (C=O) groups is 5. The van der Waals surface area contributed by atoms with Crippen LogP contribution >= 0.6 is 22.6 Å². The number of amides is 4. The molecule has 0 fully saturated rings. The minimum absolute atomic E-state index is 0.0298. The summed E-state index contributed by atoms with van der Waals surface area (Å²) in [6, 6.07) is 2.71. The van der Waals surface area contributed by atoms with Crippen LogP contribution in [0.15, 0.2) is 30.4 Å². The first kappa shape index (κ1) is 34.1. The van der Waals surface area contributed by atoms with Gasteiger partial charge in [0.1, 0.15) is 12.1 Å². The van der Waals surface area contributed by atoms with Crippen molar-refractivity contribution in [2.45, 2.75) is 78.9 Å². The van der Waals surface area contributed by atoms with E-state index < -0.39 is 47.7 Å². The third-order valence-electron chi connectivity index (χ3n) is 5.77. The van der Waals surface area contributed by atoms with Crippen LogP contribution in [0.3, 0.4) is 0 Å². The Balaban J connectivity index is 3.09. The van der Waals surface area contributed by atoms with Gasteiger partial charge in [0.2, 0.25) is 17.7 Å². The molecule has 0 aromatic heterocycles. The van der Waals surface area contributed by atoms with Crippen molar-refractivity contribution < 1.29 is 28.7 Å². The van der Waals surface area contributed by atoms with Gasteiger partial charge in [-0.15, -0.1) is 0 Å². The molecule has 0 aliphatic heterocycles. The Labute approximate surface area is 244 Å². The zero-order chi connectivity index (χ0) is 29.7. The first-order valence-corrected chi connectivity index (χ1v) is 14.1. The number of aryl methyl sites for hydroxylation is 1. The fourth-order valence-electron chi connectivity index (χ4n) is 3.72. The van der Waals surface area contributed by atoms with Crippen molar-refractivity contribution in [3.63, 3.8) is 0 Å². The Morgan fingerprint density at radius 3 is 2.23 bits per heavy atom. The van der Waals surface area contributed by atoms with Gasteiger partial charge in [-0.05, 0) is 84.9 Å². The van der Waals surface area contributed by atoms with E-state index in [9.17, 15) is 24.0 Å². The Morgan fingerprint density at radius 1 is 1.03 bits per heavy atom. The van der Waals surface area contributed by atoms with Crippen molar-refractivity contribution in [1.29, 1.82) is 0 Å². The maximum absolute atomic E-state index is 13.3. The van der Waals surface area contributed by atoms with Crippen LogP contribution in [0.4, 0.5) is 0 Å². The summed E-state index contributed by atoms with van der Waals surface area (Å²) in [5, 5.41) is 8.28. The zero-order valence-corrected chi connectivity index (χ0v) is 25.7. The second-order valence-electron chi connectivity index (χ2n) is 10.1. The van der Waals surface area contributed by atoms with Gasteiger partial charge in [0.15, 0.2) is 0 Å². The van der Waals surface area contributed by atoms with Crippen LogP contribution < -0.4 is 21.7 Å². The van der Waals surface area contributed by atoms with Crippen molar-refractivity contribution >= 4 is 52.2 Å². The topological polar surface area (TPSA) is 157 Å². The molecular formula is C28H41IN4O6. The van der Waals surface area contributed by atoms with Gasteiger partial charge in [0.05, 0.1) is 6.61 Å². The molecular weight excluding hydrogens is 615 g/mol. The van der Waals surface area contributed by atoms with E-state index in [1.54, 1.807) is 39.0 Å². The fraction of sp³-hybridized carbons (Fsp3) is 0.536. The average molecular weight is 657 g/mol. The second kappa shape index (κ2) is 16.9. The largest absolute Gasteiger partial charge is 0.463 e. The minimum atomic E-state index is -1.09. The number of hydrogen-bond acceptors (Lipinski definition) is 6. The Morgan fingerprint density at radius 2 is 1.69 bits per heavy atom. The molecule has 39 heavy (non-hydrogen) atoms. The number of primary amides is 1. The molecule has 0 radical (unpaired) electrons. The van der Waals surface area contributed by atoms with E-state index >= 15 is 0 Å². The molecule has 0 heterocycles. The predicted octanol–water partition coefficient (Wildman–Crippen LogP) is 2.75. The van der Waals surface area contributed by atoms with Gasteiger partial charge in [-0.2, -0.15) is 0 Å². The fourth-order valence-corrected chi connectivity index (χ4v) is 4.06. The maximum Gasteiger partial charge on any atom is 0.330 e.